The Morgan fingerprint density at radius 2 is 2.04 bits per heavy atom. The Balaban J connectivity index is 1.82. The smallest absolute Gasteiger partial charge is 0.308 e. The van der Waals surface area contributed by atoms with Crippen LogP contribution in [-0.2, 0) is 31.0 Å². The highest BCUT2D eigenvalue weighted by Crippen LogP contribution is 2.66. The lowest BCUT2D eigenvalue weighted by molar-refractivity contribution is -0.183. The molecule has 6 heteroatoms. The second-order valence-corrected chi connectivity index (χ2v) is 7.91. The van der Waals surface area contributed by atoms with E-state index in [2.05, 4.69) is 0 Å². The Bertz CT molecular complexity index is 931. The molecule has 1 aliphatic heterocycles. The molecule has 0 saturated heterocycles. The largest absolute Gasteiger partial charge is 0.477 e. The maximum Gasteiger partial charge on any atom is 0.308 e. The molecule has 1 heterocycles. The molecule has 140 valence electrons. The van der Waals surface area contributed by atoms with E-state index in [1.165, 1.54) is 19.9 Å². The van der Waals surface area contributed by atoms with Gasteiger partial charge in [0.15, 0.2) is 23.4 Å². The molecule has 6 nitrogen and oxygen atoms in total. The normalized spacial score (nSPS) is 34.5. The van der Waals surface area contributed by atoms with Gasteiger partial charge in [-0.1, -0.05) is 12.5 Å². The minimum absolute atomic E-state index is 0.0867. The number of carbonyl (C=O) groups excluding carboxylic acids is 3. The van der Waals surface area contributed by atoms with Gasteiger partial charge in [0, 0.05) is 25.3 Å². The molecule has 4 atom stereocenters. The van der Waals surface area contributed by atoms with E-state index in [0.29, 0.717) is 17.9 Å². The molecule has 0 aromatic heterocycles. The highest BCUT2D eigenvalue weighted by Gasteiger charge is 2.72. The number of ether oxygens (including phenoxy) is 3. The molecular formula is C21H20O6. The third-order valence-electron chi connectivity index (χ3n) is 6.55. The molecule has 0 amide bonds. The lowest BCUT2D eigenvalue weighted by Crippen LogP contribution is -2.69. The third-order valence-corrected chi connectivity index (χ3v) is 6.55. The average Bonchev–Trinajstić information content (AvgIpc) is 2.93. The summed E-state index contributed by atoms with van der Waals surface area (Å²) < 4.78 is 17.5. The molecule has 1 aromatic rings. The zero-order valence-corrected chi connectivity index (χ0v) is 15.2. The van der Waals surface area contributed by atoms with Gasteiger partial charge in [0.2, 0.25) is 0 Å². The van der Waals surface area contributed by atoms with Crippen molar-refractivity contribution in [1.29, 1.82) is 0 Å². The monoisotopic (exact) mass is 368 g/mol. The second-order valence-electron chi connectivity index (χ2n) is 7.91. The van der Waals surface area contributed by atoms with Crippen LogP contribution in [0.15, 0.2) is 24.3 Å². The van der Waals surface area contributed by atoms with Crippen molar-refractivity contribution in [2.45, 2.75) is 56.7 Å². The topological polar surface area (TPSA) is 78.9 Å². The molecule has 0 N–H and O–H groups in total. The van der Waals surface area contributed by atoms with Crippen molar-refractivity contribution in [3.8, 4) is 11.5 Å². The number of ketones is 1. The van der Waals surface area contributed by atoms with Gasteiger partial charge in [-0.05, 0) is 43.0 Å². The SMILES string of the molecule is CC(=O)Oc1ccc2c3c1O[C@H]1C(=O)C=C[C@@]4(OC(C)=O)[C@H](CCCC314)C2. The Morgan fingerprint density at radius 3 is 2.78 bits per heavy atom. The number of hydrogen-bond acceptors (Lipinski definition) is 6. The molecule has 1 fully saturated rings. The molecule has 0 radical (unpaired) electrons. The minimum Gasteiger partial charge on any atom is -0.477 e. The molecule has 1 saturated carbocycles. The quantitative estimate of drug-likeness (QED) is 0.589. The van der Waals surface area contributed by atoms with Crippen LogP contribution in [0.1, 0.15) is 44.2 Å². The van der Waals surface area contributed by atoms with Gasteiger partial charge in [-0.25, -0.2) is 0 Å². The summed E-state index contributed by atoms with van der Waals surface area (Å²) in [5, 5.41) is 0. The number of esters is 2. The summed E-state index contributed by atoms with van der Waals surface area (Å²) in [6.45, 7) is 2.74. The predicted octanol–water partition coefficient (Wildman–Crippen LogP) is 2.41. The molecule has 1 unspecified atom stereocenters. The summed E-state index contributed by atoms with van der Waals surface area (Å²) in [5.41, 5.74) is 0.301. The molecule has 3 aliphatic carbocycles. The highest BCUT2D eigenvalue weighted by atomic mass is 16.6. The zero-order chi connectivity index (χ0) is 19.0. The maximum absolute atomic E-state index is 12.8. The van der Waals surface area contributed by atoms with Gasteiger partial charge in [0.25, 0.3) is 0 Å². The summed E-state index contributed by atoms with van der Waals surface area (Å²) in [6.07, 6.45) is 5.76. The highest BCUT2D eigenvalue weighted by molar-refractivity contribution is 5.99. The van der Waals surface area contributed by atoms with Gasteiger partial charge in [0.05, 0.1) is 5.41 Å². The second kappa shape index (κ2) is 5.21. The summed E-state index contributed by atoms with van der Waals surface area (Å²) in [6, 6.07) is 3.68. The fourth-order valence-corrected chi connectivity index (χ4v) is 5.87. The first-order valence-electron chi connectivity index (χ1n) is 9.33. The standard InChI is InChI=1S/C21H20O6/c1-11(22)25-16-6-5-13-10-14-4-3-8-20-17(13)18(16)26-19(20)15(24)7-9-21(14,20)27-12(2)23/h5-7,9,14,19H,3-4,8,10H2,1-2H3/t14-,19+,20?,21-/m1/s1. The van der Waals surface area contributed by atoms with Crippen molar-refractivity contribution in [1.82, 2.24) is 0 Å². The van der Waals surface area contributed by atoms with Crippen LogP contribution >= 0.6 is 0 Å². The first kappa shape index (κ1) is 16.5. The van der Waals surface area contributed by atoms with E-state index >= 15 is 0 Å². The fraction of sp³-hybridized carbons (Fsp3) is 0.476. The lowest BCUT2D eigenvalue weighted by Gasteiger charge is -2.58. The van der Waals surface area contributed by atoms with Crippen LogP contribution in [0.5, 0.6) is 11.5 Å². The van der Waals surface area contributed by atoms with Gasteiger partial charge in [-0.15, -0.1) is 0 Å². The van der Waals surface area contributed by atoms with E-state index in [9.17, 15) is 14.4 Å². The first-order valence-corrected chi connectivity index (χ1v) is 9.33. The Labute approximate surface area is 156 Å². The van der Waals surface area contributed by atoms with Crippen LogP contribution < -0.4 is 9.47 Å². The van der Waals surface area contributed by atoms with Crippen molar-refractivity contribution >= 4 is 17.7 Å². The lowest BCUT2D eigenvalue weighted by atomic mass is 9.47. The summed E-state index contributed by atoms with van der Waals surface area (Å²) >= 11 is 0. The van der Waals surface area contributed by atoms with E-state index in [-0.39, 0.29) is 17.7 Å². The van der Waals surface area contributed by atoms with Gasteiger partial charge in [-0.2, -0.15) is 0 Å². The van der Waals surface area contributed by atoms with E-state index in [1.54, 1.807) is 12.1 Å². The Kier molecular flexibility index (Phi) is 3.19. The molecule has 27 heavy (non-hydrogen) atoms. The van der Waals surface area contributed by atoms with Crippen LogP contribution in [0.4, 0.5) is 0 Å². The number of rotatable bonds is 2. The van der Waals surface area contributed by atoms with Gasteiger partial charge in [-0.3, -0.25) is 14.4 Å². The van der Waals surface area contributed by atoms with Crippen LogP contribution in [-0.4, -0.2) is 29.4 Å². The van der Waals surface area contributed by atoms with E-state index < -0.39 is 23.1 Å². The molecular weight excluding hydrogens is 348 g/mol. The summed E-state index contributed by atoms with van der Waals surface area (Å²) in [5.74, 6) is -0.109. The van der Waals surface area contributed by atoms with Gasteiger partial charge < -0.3 is 14.2 Å². The fourth-order valence-electron chi connectivity index (χ4n) is 5.87. The van der Waals surface area contributed by atoms with E-state index in [0.717, 1.165) is 30.4 Å². The summed E-state index contributed by atoms with van der Waals surface area (Å²) in [7, 11) is 0. The van der Waals surface area contributed by atoms with Crippen molar-refractivity contribution in [3.05, 3.63) is 35.4 Å². The Hall–Kier alpha value is -2.63. The van der Waals surface area contributed by atoms with Gasteiger partial charge >= 0.3 is 11.9 Å². The molecule has 1 spiro atoms. The Morgan fingerprint density at radius 1 is 1.22 bits per heavy atom. The first-order chi connectivity index (χ1) is 12.9. The van der Waals surface area contributed by atoms with Crippen molar-refractivity contribution in [2.24, 2.45) is 5.92 Å². The molecule has 5 rings (SSSR count). The zero-order valence-electron chi connectivity index (χ0n) is 15.2. The summed E-state index contributed by atoms with van der Waals surface area (Å²) in [4.78, 5) is 36.4. The van der Waals surface area contributed by atoms with Crippen LogP contribution in [0.25, 0.3) is 0 Å². The van der Waals surface area contributed by atoms with Gasteiger partial charge in [0.1, 0.15) is 5.60 Å². The molecule has 4 aliphatic rings. The number of benzene rings is 1. The number of hydrogen-bond donors (Lipinski definition) is 0. The van der Waals surface area contributed by atoms with Crippen LogP contribution in [0.2, 0.25) is 0 Å². The number of carbonyl (C=O) groups is 3. The third kappa shape index (κ3) is 1.88. The van der Waals surface area contributed by atoms with Crippen LogP contribution in [0.3, 0.4) is 0 Å². The predicted molar refractivity (Wildman–Crippen MR) is 93.5 cm³/mol. The van der Waals surface area contributed by atoms with E-state index in [1.807, 2.05) is 6.07 Å². The average molecular weight is 368 g/mol. The maximum atomic E-state index is 12.8. The van der Waals surface area contributed by atoms with Crippen molar-refractivity contribution in [3.63, 3.8) is 0 Å². The van der Waals surface area contributed by atoms with Crippen molar-refractivity contribution in [2.75, 3.05) is 0 Å². The van der Waals surface area contributed by atoms with E-state index in [4.69, 9.17) is 14.2 Å². The van der Waals surface area contributed by atoms with Crippen LogP contribution in [0, 0.1) is 5.92 Å². The molecule has 2 bridgehead atoms. The molecule has 1 aromatic carbocycles. The van der Waals surface area contributed by atoms with Crippen molar-refractivity contribution < 1.29 is 28.6 Å². The minimum atomic E-state index is -0.900.